The summed E-state index contributed by atoms with van der Waals surface area (Å²) in [6.07, 6.45) is -0.462. The number of cyclic esters (lactones) is 1. The molecule has 1 fully saturated rings. The summed E-state index contributed by atoms with van der Waals surface area (Å²) in [7, 11) is 6.23. The van der Waals surface area contributed by atoms with Crippen LogP contribution in [0.25, 0.3) is 0 Å². The number of ether oxygens (including phenoxy) is 5. The molecule has 0 unspecified atom stereocenters. The van der Waals surface area contributed by atoms with Crippen molar-refractivity contribution in [1.29, 1.82) is 0 Å². The summed E-state index contributed by atoms with van der Waals surface area (Å²) in [6, 6.07) is 10.7. The Hall–Kier alpha value is -2.93. The molecular formula is C22H26O7. The van der Waals surface area contributed by atoms with Gasteiger partial charge in [0.1, 0.15) is 0 Å². The maximum absolute atomic E-state index is 12.4. The molecule has 29 heavy (non-hydrogen) atoms. The smallest absolute Gasteiger partial charge is 0.312 e. The summed E-state index contributed by atoms with van der Waals surface area (Å²) < 4.78 is 26.5. The molecule has 0 saturated carbocycles. The Labute approximate surface area is 170 Å². The second-order valence-corrected chi connectivity index (χ2v) is 6.87. The Morgan fingerprint density at radius 1 is 0.931 bits per heavy atom. The van der Waals surface area contributed by atoms with Crippen LogP contribution < -0.4 is 18.9 Å². The summed E-state index contributed by atoms with van der Waals surface area (Å²) in [6.45, 7) is 0.252. The highest BCUT2D eigenvalue weighted by Crippen LogP contribution is 2.39. The van der Waals surface area contributed by atoms with E-state index in [4.69, 9.17) is 23.7 Å². The number of carbonyl (C=O) groups excluding carboxylic acids is 1. The first-order valence-electron chi connectivity index (χ1n) is 9.29. The van der Waals surface area contributed by atoms with Gasteiger partial charge in [0.05, 0.1) is 47.1 Å². The highest BCUT2D eigenvalue weighted by atomic mass is 16.5. The fourth-order valence-electron chi connectivity index (χ4n) is 3.71. The number of aliphatic hydroxyl groups excluding tert-OH is 1. The Balaban J connectivity index is 1.83. The van der Waals surface area contributed by atoms with Crippen LogP contribution in [0.5, 0.6) is 23.0 Å². The molecule has 2 aromatic rings. The molecule has 1 saturated heterocycles. The molecule has 3 rings (SSSR count). The predicted molar refractivity (Wildman–Crippen MR) is 106 cm³/mol. The third-order valence-corrected chi connectivity index (χ3v) is 5.25. The topological polar surface area (TPSA) is 83.5 Å². The molecule has 0 amide bonds. The van der Waals surface area contributed by atoms with Crippen LogP contribution in [0, 0.1) is 11.8 Å². The van der Waals surface area contributed by atoms with E-state index in [-0.39, 0.29) is 12.5 Å². The van der Waals surface area contributed by atoms with E-state index < -0.39 is 18.0 Å². The zero-order valence-corrected chi connectivity index (χ0v) is 17.0. The molecule has 1 heterocycles. The van der Waals surface area contributed by atoms with Gasteiger partial charge in [-0.2, -0.15) is 0 Å². The second kappa shape index (κ2) is 9.05. The molecule has 0 spiro atoms. The van der Waals surface area contributed by atoms with Crippen molar-refractivity contribution in [2.75, 3.05) is 35.0 Å². The predicted octanol–water partition coefficient (Wildman–Crippen LogP) is 2.79. The highest BCUT2D eigenvalue weighted by molar-refractivity contribution is 5.76. The van der Waals surface area contributed by atoms with E-state index in [1.165, 1.54) is 7.11 Å². The molecule has 1 aliphatic heterocycles. The van der Waals surface area contributed by atoms with Crippen LogP contribution in [0.4, 0.5) is 0 Å². The van der Waals surface area contributed by atoms with Crippen molar-refractivity contribution in [1.82, 2.24) is 0 Å². The van der Waals surface area contributed by atoms with E-state index >= 15 is 0 Å². The Bertz CT molecular complexity index is 864. The lowest BCUT2D eigenvalue weighted by molar-refractivity contribution is -0.144. The molecule has 3 atom stereocenters. The van der Waals surface area contributed by atoms with E-state index in [9.17, 15) is 9.90 Å². The number of rotatable bonds is 8. The van der Waals surface area contributed by atoms with Gasteiger partial charge in [-0.05, 0) is 41.8 Å². The third kappa shape index (κ3) is 4.24. The lowest BCUT2D eigenvalue weighted by atomic mass is 9.83. The van der Waals surface area contributed by atoms with Crippen molar-refractivity contribution in [2.45, 2.75) is 12.5 Å². The van der Waals surface area contributed by atoms with E-state index in [2.05, 4.69) is 0 Å². The van der Waals surface area contributed by atoms with Crippen molar-refractivity contribution in [3.8, 4) is 23.0 Å². The molecule has 7 nitrogen and oxygen atoms in total. The van der Waals surface area contributed by atoms with Gasteiger partial charge in [-0.1, -0.05) is 12.1 Å². The van der Waals surface area contributed by atoms with Crippen molar-refractivity contribution in [3.05, 3.63) is 47.5 Å². The van der Waals surface area contributed by atoms with E-state index in [1.54, 1.807) is 39.5 Å². The first kappa shape index (κ1) is 20.8. The lowest BCUT2D eigenvalue weighted by Crippen LogP contribution is -2.25. The van der Waals surface area contributed by atoms with E-state index in [1.807, 2.05) is 18.2 Å². The minimum Gasteiger partial charge on any atom is -0.493 e. The summed E-state index contributed by atoms with van der Waals surface area (Å²) in [5.41, 5.74) is 1.54. The Morgan fingerprint density at radius 2 is 1.52 bits per heavy atom. The number of carbonyl (C=O) groups is 1. The molecule has 156 valence electrons. The number of benzene rings is 2. The number of hydrogen-bond donors (Lipinski definition) is 1. The van der Waals surface area contributed by atoms with Gasteiger partial charge in [0.15, 0.2) is 23.0 Å². The maximum Gasteiger partial charge on any atom is 0.312 e. The van der Waals surface area contributed by atoms with Gasteiger partial charge in [0.2, 0.25) is 0 Å². The first-order chi connectivity index (χ1) is 14.0. The van der Waals surface area contributed by atoms with Gasteiger partial charge in [-0.3, -0.25) is 4.79 Å². The highest BCUT2D eigenvalue weighted by Gasteiger charge is 2.42. The zero-order chi connectivity index (χ0) is 21.0. The normalized spacial score (nSPS) is 19.4. The van der Waals surface area contributed by atoms with Crippen LogP contribution in [0.3, 0.4) is 0 Å². The van der Waals surface area contributed by atoms with Gasteiger partial charge in [0.25, 0.3) is 0 Å². The minimum atomic E-state index is -1.02. The van der Waals surface area contributed by atoms with Crippen LogP contribution in [0.1, 0.15) is 17.2 Å². The molecule has 1 aliphatic rings. The number of aliphatic hydroxyl groups is 1. The largest absolute Gasteiger partial charge is 0.493 e. The van der Waals surface area contributed by atoms with E-state index in [0.29, 0.717) is 35.0 Å². The van der Waals surface area contributed by atoms with Crippen molar-refractivity contribution < 1.29 is 33.6 Å². The van der Waals surface area contributed by atoms with E-state index in [0.717, 1.165) is 5.56 Å². The molecule has 0 aromatic heterocycles. The van der Waals surface area contributed by atoms with Crippen molar-refractivity contribution >= 4 is 5.97 Å². The third-order valence-electron chi connectivity index (χ3n) is 5.25. The van der Waals surface area contributed by atoms with Gasteiger partial charge in [-0.15, -0.1) is 0 Å². The Kier molecular flexibility index (Phi) is 6.49. The van der Waals surface area contributed by atoms with Gasteiger partial charge in [-0.25, -0.2) is 0 Å². The average Bonchev–Trinajstić information content (AvgIpc) is 3.12. The van der Waals surface area contributed by atoms with Crippen LogP contribution in [0.2, 0.25) is 0 Å². The number of hydrogen-bond acceptors (Lipinski definition) is 7. The second-order valence-electron chi connectivity index (χ2n) is 6.87. The SMILES string of the molecule is COc1ccc(C[C@H]2COC(=O)[C@@H]2[C@@H](O)c2ccc(OC)c(OC)c2)cc1OC. The molecule has 2 aromatic carbocycles. The molecule has 7 heteroatoms. The molecule has 0 bridgehead atoms. The minimum absolute atomic E-state index is 0.177. The number of methoxy groups -OCH3 is 4. The van der Waals surface area contributed by atoms with Crippen LogP contribution in [-0.4, -0.2) is 46.1 Å². The zero-order valence-electron chi connectivity index (χ0n) is 17.0. The summed E-state index contributed by atoms with van der Waals surface area (Å²) in [5.74, 6) is 1.04. The summed E-state index contributed by atoms with van der Waals surface area (Å²) in [5, 5.41) is 11.0. The fourth-order valence-corrected chi connectivity index (χ4v) is 3.71. The van der Waals surface area contributed by atoms with Crippen LogP contribution in [-0.2, 0) is 16.0 Å². The van der Waals surface area contributed by atoms with Crippen LogP contribution in [0.15, 0.2) is 36.4 Å². The van der Waals surface area contributed by atoms with Crippen LogP contribution >= 0.6 is 0 Å². The summed E-state index contributed by atoms with van der Waals surface area (Å²) >= 11 is 0. The Morgan fingerprint density at radius 3 is 2.14 bits per heavy atom. The maximum atomic E-state index is 12.4. The first-order valence-corrected chi connectivity index (χ1v) is 9.29. The quantitative estimate of drug-likeness (QED) is 0.680. The number of esters is 1. The van der Waals surface area contributed by atoms with Gasteiger partial charge >= 0.3 is 5.97 Å². The van der Waals surface area contributed by atoms with Gasteiger partial charge in [0, 0.05) is 5.92 Å². The summed E-state index contributed by atoms with van der Waals surface area (Å²) in [4.78, 5) is 12.4. The molecular weight excluding hydrogens is 376 g/mol. The van der Waals surface area contributed by atoms with Crippen molar-refractivity contribution in [3.63, 3.8) is 0 Å². The average molecular weight is 402 g/mol. The lowest BCUT2D eigenvalue weighted by Gasteiger charge is -2.22. The molecule has 0 radical (unpaired) electrons. The van der Waals surface area contributed by atoms with Gasteiger partial charge < -0.3 is 28.8 Å². The molecule has 0 aliphatic carbocycles. The monoisotopic (exact) mass is 402 g/mol. The van der Waals surface area contributed by atoms with Crippen molar-refractivity contribution in [2.24, 2.45) is 11.8 Å². The standard InChI is InChI=1S/C22H26O7/c1-25-16-7-5-13(10-18(16)27-3)9-15-12-29-22(24)20(15)21(23)14-6-8-17(26-2)19(11-14)28-4/h5-8,10-11,15,20-21,23H,9,12H2,1-4H3/t15-,20-,21-/m0/s1. The fraction of sp³-hybridized carbons (Fsp3) is 0.409. The molecule has 1 N–H and O–H groups in total.